The second-order valence-corrected chi connectivity index (χ2v) is 5.19. The molecule has 0 bridgehead atoms. The van der Waals surface area contributed by atoms with Gasteiger partial charge in [-0.15, -0.1) is 0 Å². The van der Waals surface area contributed by atoms with Crippen molar-refractivity contribution in [1.82, 2.24) is 9.55 Å². The molecule has 0 saturated carbocycles. The lowest BCUT2D eigenvalue weighted by atomic mass is 10.1. The predicted octanol–water partition coefficient (Wildman–Crippen LogP) is 3.66. The molecule has 0 atom stereocenters. The van der Waals surface area contributed by atoms with Crippen molar-refractivity contribution in [2.45, 2.75) is 6.54 Å². The zero-order chi connectivity index (χ0) is 13.2. The van der Waals surface area contributed by atoms with E-state index in [2.05, 4.69) is 25.5 Å². The van der Waals surface area contributed by atoms with E-state index in [-0.39, 0.29) is 0 Å². The molecule has 1 heterocycles. The van der Waals surface area contributed by atoms with Crippen LogP contribution in [0.2, 0.25) is 0 Å². The Morgan fingerprint density at radius 1 is 1.21 bits per heavy atom. The number of carbonyl (C=O) groups excluding carboxylic acids is 1. The lowest BCUT2D eigenvalue weighted by Gasteiger charge is -2.06. The number of halogens is 1. The molecule has 0 fully saturated rings. The maximum Gasteiger partial charge on any atom is 0.151 e. The standard InChI is InChI=1S/C15H11BrN2O/c16-13-6-5-11(7-12(13)9-19)8-18-10-17-14-3-1-2-4-15(14)18/h1-7,9-10H,8H2. The van der Waals surface area contributed by atoms with E-state index in [1.165, 1.54) is 0 Å². The molecule has 1 aromatic heterocycles. The summed E-state index contributed by atoms with van der Waals surface area (Å²) in [5, 5.41) is 0. The van der Waals surface area contributed by atoms with Crippen molar-refractivity contribution in [1.29, 1.82) is 0 Å². The number of fused-ring (bicyclic) bond motifs is 1. The van der Waals surface area contributed by atoms with E-state index in [0.29, 0.717) is 12.1 Å². The van der Waals surface area contributed by atoms with Crippen molar-refractivity contribution < 1.29 is 4.79 Å². The monoisotopic (exact) mass is 314 g/mol. The summed E-state index contributed by atoms with van der Waals surface area (Å²) < 4.78 is 2.90. The molecule has 0 N–H and O–H groups in total. The summed E-state index contributed by atoms with van der Waals surface area (Å²) in [7, 11) is 0. The molecule has 0 aliphatic carbocycles. The molecule has 94 valence electrons. The molecule has 3 aromatic rings. The molecule has 19 heavy (non-hydrogen) atoms. The molecule has 0 spiro atoms. The second-order valence-electron chi connectivity index (χ2n) is 4.33. The van der Waals surface area contributed by atoms with Gasteiger partial charge in [0.15, 0.2) is 6.29 Å². The first kappa shape index (κ1) is 12.1. The van der Waals surface area contributed by atoms with Crippen LogP contribution in [-0.4, -0.2) is 15.8 Å². The quantitative estimate of drug-likeness (QED) is 0.691. The normalized spacial score (nSPS) is 10.8. The zero-order valence-corrected chi connectivity index (χ0v) is 11.7. The Hall–Kier alpha value is -1.94. The number of rotatable bonds is 3. The van der Waals surface area contributed by atoms with Crippen LogP contribution >= 0.6 is 15.9 Å². The number of aromatic nitrogens is 2. The summed E-state index contributed by atoms with van der Waals surface area (Å²) in [6.45, 7) is 0.703. The third kappa shape index (κ3) is 2.31. The van der Waals surface area contributed by atoms with Gasteiger partial charge in [-0.1, -0.05) is 34.1 Å². The molecule has 3 nitrogen and oxygen atoms in total. The molecule has 0 radical (unpaired) electrons. The van der Waals surface area contributed by atoms with E-state index >= 15 is 0 Å². The highest BCUT2D eigenvalue weighted by Gasteiger charge is 2.04. The van der Waals surface area contributed by atoms with Gasteiger partial charge in [-0.3, -0.25) is 4.79 Å². The van der Waals surface area contributed by atoms with E-state index in [9.17, 15) is 4.79 Å². The van der Waals surface area contributed by atoms with Crippen LogP contribution in [0, 0.1) is 0 Å². The highest BCUT2D eigenvalue weighted by atomic mass is 79.9. The van der Waals surface area contributed by atoms with Gasteiger partial charge in [0.1, 0.15) is 0 Å². The van der Waals surface area contributed by atoms with Gasteiger partial charge in [-0.25, -0.2) is 4.98 Å². The smallest absolute Gasteiger partial charge is 0.151 e. The van der Waals surface area contributed by atoms with Gasteiger partial charge >= 0.3 is 0 Å². The summed E-state index contributed by atoms with van der Waals surface area (Å²) in [5.41, 5.74) is 3.82. The van der Waals surface area contributed by atoms with Gasteiger partial charge < -0.3 is 4.57 Å². The minimum Gasteiger partial charge on any atom is -0.326 e. The molecule has 0 aliphatic heterocycles. The van der Waals surface area contributed by atoms with E-state index in [1.807, 2.05) is 48.8 Å². The number of benzene rings is 2. The second kappa shape index (κ2) is 4.97. The summed E-state index contributed by atoms with van der Waals surface area (Å²) >= 11 is 3.36. The highest BCUT2D eigenvalue weighted by Crippen LogP contribution is 2.19. The maximum atomic E-state index is 10.9. The Bertz CT molecular complexity index is 749. The topological polar surface area (TPSA) is 34.9 Å². The summed E-state index contributed by atoms with van der Waals surface area (Å²) in [6, 6.07) is 13.8. The SMILES string of the molecule is O=Cc1cc(Cn2cnc3ccccc32)ccc1Br. The van der Waals surface area contributed by atoms with Crippen LogP contribution < -0.4 is 0 Å². The fraction of sp³-hybridized carbons (Fsp3) is 0.0667. The molecule has 2 aromatic carbocycles. The minimum atomic E-state index is 0.668. The number of hydrogen-bond acceptors (Lipinski definition) is 2. The van der Waals surface area contributed by atoms with Crippen LogP contribution in [-0.2, 0) is 6.54 Å². The van der Waals surface area contributed by atoms with Crippen molar-refractivity contribution >= 4 is 33.2 Å². The van der Waals surface area contributed by atoms with Gasteiger partial charge in [0.2, 0.25) is 0 Å². The van der Waals surface area contributed by atoms with Gasteiger partial charge in [0.25, 0.3) is 0 Å². The average Bonchev–Trinajstić information content (AvgIpc) is 2.84. The number of imidazole rings is 1. The number of aldehydes is 1. The van der Waals surface area contributed by atoms with Crippen LogP contribution in [0.1, 0.15) is 15.9 Å². The molecule has 0 aliphatic rings. The first-order valence-electron chi connectivity index (χ1n) is 5.91. The Labute approximate surface area is 119 Å². The highest BCUT2D eigenvalue weighted by molar-refractivity contribution is 9.10. The first-order valence-corrected chi connectivity index (χ1v) is 6.71. The van der Waals surface area contributed by atoms with Crippen molar-refractivity contribution in [2.24, 2.45) is 0 Å². The summed E-state index contributed by atoms with van der Waals surface area (Å²) in [5.74, 6) is 0. The Morgan fingerprint density at radius 2 is 2.05 bits per heavy atom. The molecule has 0 unspecified atom stereocenters. The van der Waals surface area contributed by atoms with Crippen molar-refractivity contribution in [3.8, 4) is 0 Å². The van der Waals surface area contributed by atoms with Crippen LogP contribution in [0.5, 0.6) is 0 Å². The van der Waals surface area contributed by atoms with Gasteiger partial charge in [-0.05, 0) is 29.8 Å². The predicted molar refractivity (Wildman–Crippen MR) is 78.4 cm³/mol. The molecule has 0 amide bonds. The van der Waals surface area contributed by atoms with Crippen LogP contribution in [0.25, 0.3) is 11.0 Å². The van der Waals surface area contributed by atoms with E-state index in [1.54, 1.807) is 0 Å². The van der Waals surface area contributed by atoms with Crippen LogP contribution in [0.4, 0.5) is 0 Å². The summed E-state index contributed by atoms with van der Waals surface area (Å²) in [6.07, 6.45) is 2.69. The Kier molecular flexibility index (Phi) is 3.17. The molecular weight excluding hydrogens is 304 g/mol. The van der Waals surface area contributed by atoms with Crippen LogP contribution in [0.3, 0.4) is 0 Å². The van der Waals surface area contributed by atoms with Crippen LogP contribution in [0.15, 0.2) is 53.3 Å². The van der Waals surface area contributed by atoms with E-state index in [4.69, 9.17) is 0 Å². The molecule has 3 rings (SSSR count). The van der Waals surface area contributed by atoms with E-state index in [0.717, 1.165) is 27.4 Å². The third-order valence-corrected chi connectivity index (χ3v) is 3.79. The molecular formula is C15H11BrN2O. The van der Waals surface area contributed by atoms with Crippen molar-refractivity contribution in [2.75, 3.05) is 0 Å². The lowest BCUT2D eigenvalue weighted by molar-refractivity contribution is 0.112. The molecule has 0 saturated heterocycles. The van der Waals surface area contributed by atoms with Gasteiger partial charge in [-0.2, -0.15) is 0 Å². The minimum absolute atomic E-state index is 0.668. The number of carbonyl (C=O) groups is 1. The zero-order valence-electron chi connectivity index (χ0n) is 10.1. The average molecular weight is 315 g/mol. The summed E-state index contributed by atoms with van der Waals surface area (Å²) in [4.78, 5) is 15.3. The Morgan fingerprint density at radius 3 is 2.89 bits per heavy atom. The fourth-order valence-electron chi connectivity index (χ4n) is 2.11. The Balaban J connectivity index is 1.99. The van der Waals surface area contributed by atoms with Crippen molar-refractivity contribution in [3.05, 3.63) is 64.4 Å². The molecule has 4 heteroatoms. The van der Waals surface area contributed by atoms with Crippen molar-refractivity contribution in [3.63, 3.8) is 0 Å². The maximum absolute atomic E-state index is 10.9. The van der Waals surface area contributed by atoms with Gasteiger partial charge in [0, 0.05) is 16.6 Å². The fourth-order valence-corrected chi connectivity index (χ4v) is 2.45. The van der Waals surface area contributed by atoms with E-state index < -0.39 is 0 Å². The van der Waals surface area contributed by atoms with Gasteiger partial charge in [0.05, 0.1) is 17.4 Å². The number of nitrogens with zero attached hydrogens (tertiary/aromatic N) is 2. The third-order valence-electron chi connectivity index (χ3n) is 3.07. The lowest BCUT2D eigenvalue weighted by Crippen LogP contribution is -1.99. The number of para-hydroxylation sites is 2. The first-order chi connectivity index (χ1) is 9.28. The number of hydrogen-bond donors (Lipinski definition) is 0. The largest absolute Gasteiger partial charge is 0.326 e.